The van der Waals surface area contributed by atoms with Crippen molar-refractivity contribution in [1.29, 1.82) is 0 Å². The fourth-order valence-corrected chi connectivity index (χ4v) is 5.53. The van der Waals surface area contributed by atoms with Crippen LogP contribution >= 0.6 is 0 Å². The van der Waals surface area contributed by atoms with Gasteiger partial charge in [-0.1, -0.05) is 6.07 Å². The molecule has 0 aromatic carbocycles. The summed E-state index contributed by atoms with van der Waals surface area (Å²) in [6, 6.07) is 7.70. The minimum atomic E-state index is -0.279. The first-order valence-electron chi connectivity index (χ1n) is 11.2. The molecule has 5 heteroatoms. The average molecular weight is 412 g/mol. The molecule has 1 saturated carbocycles. The first-order chi connectivity index (χ1) is 14.3. The van der Waals surface area contributed by atoms with Crippen LogP contribution in [0.2, 0.25) is 0 Å². The van der Waals surface area contributed by atoms with Crippen LogP contribution < -0.4 is 0 Å². The van der Waals surface area contributed by atoms with Crippen LogP contribution in [0.25, 0.3) is 0 Å². The average Bonchev–Trinajstić information content (AvgIpc) is 3.46. The number of nitrogens with zero attached hydrogens (tertiary/aromatic N) is 3. The summed E-state index contributed by atoms with van der Waals surface area (Å²) >= 11 is 0. The van der Waals surface area contributed by atoms with Gasteiger partial charge in [-0.25, -0.2) is 4.39 Å². The van der Waals surface area contributed by atoms with Crippen molar-refractivity contribution in [2.24, 2.45) is 5.41 Å². The Balaban J connectivity index is 1.57. The zero-order chi connectivity index (χ0) is 21.4. The monoisotopic (exact) mass is 411 g/mol. The van der Waals surface area contributed by atoms with Gasteiger partial charge in [0.15, 0.2) is 0 Å². The Morgan fingerprint density at radius 2 is 1.90 bits per heavy atom. The number of hydrogen-bond donors (Lipinski definition) is 0. The van der Waals surface area contributed by atoms with E-state index in [9.17, 15) is 4.39 Å². The highest BCUT2D eigenvalue weighted by Crippen LogP contribution is 2.59. The first-order valence-corrected chi connectivity index (χ1v) is 11.2. The molecular weight excluding hydrogens is 377 g/mol. The molecule has 1 unspecified atom stereocenters. The second kappa shape index (κ2) is 8.01. The predicted octanol–water partition coefficient (Wildman–Crippen LogP) is 5.05. The zero-order valence-electron chi connectivity index (χ0n) is 18.7. The Bertz CT molecular complexity index is 861. The number of pyridine rings is 2. The molecule has 2 aromatic heterocycles. The maximum Gasteiger partial charge on any atom is 0.141 e. The third-order valence-corrected chi connectivity index (χ3v) is 7.03. The molecule has 1 atom stereocenters. The van der Waals surface area contributed by atoms with E-state index in [1.54, 1.807) is 0 Å². The van der Waals surface area contributed by atoms with Crippen LogP contribution in [0, 0.1) is 18.2 Å². The molecule has 2 fully saturated rings. The lowest BCUT2D eigenvalue weighted by Crippen LogP contribution is -2.46. The van der Waals surface area contributed by atoms with Crippen molar-refractivity contribution < 1.29 is 9.13 Å². The highest BCUT2D eigenvalue weighted by molar-refractivity contribution is 5.31. The molecule has 1 aliphatic heterocycles. The summed E-state index contributed by atoms with van der Waals surface area (Å²) in [6.45, 7) is 11.3. The minimum absolute atomic E-state index is 0.0727. The molecule has 0 amide bonds. The van der Waals surface area contributed by atoms with Crippen molar-refractivity contribution in [3.8, 4) is 0 Å². The lowest BCUT2D eigenvalue weighted by atomic mass is 9.78. The Kier molecular flexibility index (Phi) is 5.71. The molecule has 4 rings (SSSR count). The van der Waals surface area contributed by atoms with E-state index in [1.807, 2.05) is 13.0 Å². The van der Waals surface area contributed by atoms with Crippen molar-refractivity contribution >= 4 is 0 Å². The van der Waals surface area contributed by atoms with E-state index in [-0.39, 0.29) is 22.3 Å². The minimum Gasteiger partial charge on any atom is -0.381 e. The van der Waals surface area contributed by atoms with Gasteiger partial charge in [-0.3, -0.25) is 14.9 Å². The summed E-state index contributed by atoms with van der Waals surface area (Å²) in [6.07, 6.45) is 8.69. The van der Waals surface area contributed by atoms with Crippen LogP contribution in [-0.4, -0.2) is 40.2 Å². The van der Waals surface area contributed by atoms with Gasteiger partial charge >= 0.3 is 0 Å². The van der Waals surface area contributed by atoms with Crippen LogP contribution in [-0.2, 0) is 16.7 Å². The summed E-state index contributed by atoms with van der Waals surface area (Å²) in [7, 11) is 0. The first kappa shape index (κ1) is 21.4. The Morgan fingerprint density at radius 3 is 2.50 bits per heavy atom. The fourth-order valence-electron chi connectivity index (χ4n) is 5.53. The van der Waals surface area contributed by atoms with E-state index in [2.05, 4.69) is 54.0 Å². The molecule has 0 spiro atoms. The Morgan fingerprint density at radius 1 is 1.10 bits per heavy atom. The van der Waals surface area contributed by atoms with Gasteiger partial charge in [0.25, 0.3) is 0 Å². The van der Waals surface area contributed by atoms with Crippen LogP contribution in [0.5, 0.6) is 0 Å². The standard InChI is InChI=1S/C25H34FN3O/c1-5-30-18-24(11-10-22-9-8-21(26)15-28-22)16-23(3,4)29(17-24)25(12-13-25)20-7-6-19(2)27-14-20/h6-9,14-15H,5,10-13,16-18H2,1-4H3. The molecule has 30 heavy (non-hydrogen) atoms. The Hall–Kier alpha value is -1.85. The van der Waals surface area contributed by atoms with Gasteiger partial charge in [0.05, 0.1) is 12.8 Å². The summed E-state index contributed by atoms with van der Waals surface area (Å²) in [5.41, 5.74) is 3.61. The van der Waals surface area contributed by atoms with Gasteiger partial charge < -0.3 is 4.74 Å². The zero-order valence-corrected chi connectivity index (χ0v) is 18.7. The van der Waals surface area contributed by atoms with Crippen molar-refractivity contribution in [2.75, 3.05) is 19.8 Å². The summed E-state index contributed by atoms with van der Waals surface area (Å²) < 4.78 is 19.3. The highest BCUT2D eigenvalue weighted by atomic mass is 19.1. The topological polar surface area (TPSA) is 38.2 Å². The molecular formula is C25H34FN3O. The second-order valence-electron chi connectivity index (χ2n) is 9.90. The molecule has 0 bridgehead atoms. The third kappa shape index (κ3) is 4.15. The number of likely N-dealkylation sites (tertiary alicyclic amines) is 1. The van der Waals surface area contributed by atoms with Crippen molar-refractivity contribution in [2.45, 2.75) is 70.9 Å². The van der Waals surface area contributed by atoms with Crippen molar-refractivity contribution in [3.05, 3.63) is 59.4 Å². The van der Waals surface area contributed by atoms with Gasteiger partial charge in [0.2, 0.25) is 0 Å². The molecule has 0 radical (unpaired) electrons. The summed E-state index contributed by atoms with van der Waals surface area (Å²) in [5, 5.41) is 0. The lowest BCUT2D eigenvalue weighted by molar-refractivity contribution is 0.0430. The number of halogens is 1. The van der Waals surface area contributed by atoms with E-state index in [0.29, 0.717) is 0 Å². The van der Waals surface area contributed by atoms with E-state index in [0.717, 1.165) is 50.4 Å². The van der Waals surface area contributed by atoms with Crippen molar-refractivity contribution in [3.63, 3.8) is 0 Å². The molecule has 2 aliphatic rings. The van der Waals surface area contributed by atoms with E-state index >= 15 is 0 Å². The van der Waals surface area contributed by atoms with Crippen LogP contribution in [0.4, 0.5) is 4.39 Å². The second-order valence-corrected chi connectivity index (χ2v) is 9.90. The van der Waals surface area contributed by atoms with E-state index in [1.165, 1.54) is 30.7 Å². The number of aryl methyl sites for hydroxylation is 2. The van der Waals surface area contributed by atoms with Gasteiger partial charge in [-0.05, 0) is 83.6 Å². The number of hydrogen-bond acceptors (Lipinski definition) is 4. The van der Waals surface area contributed by atoms with Crippen LogP contribution in [0.3, 0.4) is 0 Å². The summed E-state index contributed by atoms with van der Waals surface area (Å²) in [5.74, 6) is -0.279. The molecule has 1 aliphatic carbocycles. The molecule has 4 nitrogen and oxygen atoms in total. The van der Waals surface area contributed by atoms with E-state index in [4.69, 9.17) is 4.74 Å². The molecule has 2 aromatic rings. The normalized spacial score (nSPS) is 24.8. The fraction of sp³-hybridized carbons (Fsp3) is 0.600. The maximum absolute atomic E-state index is 13.3. The Labute approximate surface area is 179 Å². The predicted molar refractivity (Wildman–Crippen MR) is 117 cm³/mol. The van der Waals surface area contributed by atoms with Gasteiger partial charge in [-0.15, -0.1) is 0 Å². The highest BCUT2D eigenvalue weighted by Gasteiger charge is 2.60. The van der Waals surface area contributed by atoms with Crippen LogP contribution in [0.15, 0.2) is 36.7 Å². The van der Waals surface area contributed by atoms with Crippen LogP contribution in [0.1, 0.15) is 63.4 Å². The largest absolute Gasteiger partial charge is 0.381 e. The van der Waals surface area contributed by atoms with Gasteiger partial charge in [0.1, 0.15) is 5.82 Å². The lowest BCUT2D eigenvalue weighted by Gasteiger charge is -2.39. The van der Waals surface area contributed by atoms with Gasteiger partial charge in [0, 0.05) is 47.2 Å². The molecule has 3 heterocycles. The van der Waals surface area contributed by atoms with Gasteiger partial charge in [-0.2, -0.15) is 0 Å². The maximum atomic E-state index is 13.3. The number of rotatable bonds is 8. The number of aromatic nitrogens is 2. The SMILES string of the molecule is CCOCC1(CCc2ccc(F)cn2)CN(C2(c3ccc(C)nc3)CC2)C(C)(C)C1. The molecule has 0 N–H and O–H groups in total. The quantitative estimate of drug-likeness (QED) is 0.609. The third-order valence-electron chi connectivity index (χ3n) is 7.03. The van der Waals surface area contributed by atoms with E-state index < -0.39 is 0 Å². The molecule has 162 valence electrons. The summed E-state index contributed by atoms with van der Waals surface area (Å²) in [4.78, 5) is 11.6. The smallest absolute Gasteiger partial charge is 0.141 e. The molecule has 1 saturated heterocycles. The number of ether oxygens (including phenoxy) is 1. The van der Waals surface area contributed by atoms with Crippen molar-refractivity contribution in [1.82, 2.24) is 14.9 Å².